The molecule has 7 heteroatoms. The van der Waals surface area contributed by atoms with E-state index in [-0.39, 0.29) is 5.56 Å². The summed E-state index contributed by atoms with van der Waals surface area (Å²) >= 11 is 0. The molecule has 1 amide bonds. The number of benzene rings is 2. The third-order valence-electron chi connectivity index (χ3n) is 2.83. The van der Waals surface area contributed by atoms with Gasteiger partial charge in [0.1, 0.15) is 12.1 Å². The van der Waals surface area contributed by atoms with E-state index in [9.17, 15) is 9.18 Å². The molecule has 0 aliphatic carbocycles. The Morgan fingerprint density at radius 1 is 1.14 bits per heavy atom. The molecule has 6 nitrogen and oxygen atoms in total. The summed E-state index contributed by atoms with van der Waals surface area (Å²) in [6, 6.07) is 12.5. The number of hydrogen-bond acceptors (Lipinski definition) is 4. The van der Waals surface area contributed by atoms with Crippen molar-refractivity contribution < 1.29 is 9.18 Å². The van der Waals surface area contributed by atoms with Gasteiger partial charge in [-0.05, 0) is 40.8 Å². The predicted molar refractivity (Wildman–Crippen MR) is 73.5 cm³/mol. The van der Waals surface area contributed by atoms with Crippen molar-refractivity contribution in [3.63, 3.8) is 0 Å². The zero-order chi connectivity index (χ0) is 14.7. The number of tetrazole rings is 1. The summed E-state index contributed by atoms with van der Waals surface area (Å²) in [4.78, 5) is 12.1. The van der Waals surface area contributed by atoms with Crippen LogP contribution in [-0.4, -0.2) is 26.1 Å². The summed E-state index contributed by atoms with van der Waals surface area (Å²) in [5.74, 6) is -0.869. The standard InChI is InChI=1S/C14H10FN5O/c15-11-5-3-4-10(8-11)14(21)17-12-6-1-2-7-13(12)20-9-16-18-19-20/h1-9H,(H,17,21). The molecule has 2 aromatic carbocycles. The highest BCUT2D eigenvalue weighted by molar-refractivity contribution is 6.05. The molecule has 3 aromatic rings. The summed E-state index contributed by atoms with van der Waals surface area (Å²) in [6.07, 6.45) is 1.42. The number of rotatable bonds is 3. The minimum absolute atomic E-state index is 0.238. The van der Waals surface area contributed by atoms with Crippen LogP contribution in [0.1, 0.15) is 10.4 Å². The van der Waals surface area contributed by atoms with E-state index in [0.717, 1.165) is 0 Å². The quantitative estimate of drug-likeness (QED) is 0.798. The molecular formula is C14H10FN5O. The van der Waals surface area contributed by atoms with Crippen LogP contribution in [0.5, 0.6) is 0 Å². The predicted octanol–water partition coefficient (Wildman–Crippen LogP) is 2.05. The smallest absolute Gasteiger partial charge is 0.255 e. The number of halogens is 1. The van der Waals surface area contributed by atoms with Crippen molar-refractivity contribution in [2.75, 3.05) is 5.32 Å². The van der Waals surface area contributed by atoms with E-state index in [4.69, 9.17) is 0 Å². The summed E-state index contributed by atoms with van der Waals surface area (Å²) in [6.45, 7) is 0. The average Bonchev–Trinajstić information content (AvgIpc) is 3.02. The number of anilines is 1. The molecule has 21 heavy (non-hydrogen) atoms. The van der Waals surface area contributed by atoms with Crippen LogP contribution < -0.4 is 5.32 Å². The Kier molecular flexibility index (Phi) is 3.38. The number of nitrogens with zero attached hydrogens (tertiary/aromatic N) is 4. The van der Waals surface area contributed by atoms with Gasteiger partial charge < -0.3 is 5.32 Å². The number of para-hydroxylation sites is 2. The van der Waals surface area contributed by atoms with Crippen LogP contribution in [0.25, 0.3) is 5.69 Å². The molecule has 0 atom stereocenters. The lowest BCUT2D eigenvalue weighted by molar-refractivity contribution is 0.102. The van der Waals surface area contributed by atoms with Gasteiger partial charge in [0, 0.05) is 5.56 Å². The molecule has 1 aromatic heterocycles. The number of hydrogen-bond donors (Lipinski definition) is 1. The van der Waals surface area contributed by atoms with E-state index in [2.05, 4.69) is 20.8 Å². The second-order valence-electron chi connectivity index (χ2n) is 4.24. The Hall–Kier alpha value is -3.09. The Bertz CT molecular complexity index is 773. The molecule has 104 valence electrons. The molecule has 0 unspecified atom stereocenters. The lowest BCUT2D eigenvalue weighted by atomic mass is 10.2. The van der Waals surface area contributed by atoms with Gasteiger partial charge in [0.25, 0.3) is 5.91 Å². The van der Waals surface area contributed by atoms with Crippen molar-refractivity contribution in [1.29, 1.82) is 0 Å². The zero-order valence-electron chi connectivity index (χ0n) is 10.8. The number of carbonyl (C=O) groups excluding carboxylic acids is 1. The fourth-order valence-electron chi connectivity index (χ4n) is 1.87. The molecule has 0 fully saturated rings. The first-order valence-corrected chi connectivity index (χ1v) is 6.13. The molecule has 1 heterocycles. The first kappa shape index (κ1) is 12.9. The van der Waals surface area contributed by atoms with E-state index in [1.165, 1.54) is 35.3 Å². The second-order valence-corrected chi connectivity index (χ2v) is 4.24. The molecule has 1 N–H and O–H groups in total. The fourth-order valence-corrected chi connectivity index (χ4v) is 1.87. The minimum atomic E-state index is -0.462. The lowest BCUT2D eigenvalue weighted by Gasteiger charge is -2.10. The number of nitrogens with one attached hydrogen (secondary N) is 1. The molecule has 0 aliphatic rings. The van der Waals surface area contributed by atoms with Gasteiger partial charge in [-0.15, -0.1) is 5.10 Å². The number of amides is 1. The average molecular weight is 283 g/mol. The van der Waals surface area contributed by atoms with Crippen molar-refractivity contribution >= 4 is 11.6 Å². The fraction of sp³-hybridized carbons (Fsp3) is 0. The summed E-state index contributed by atoms with van der Waals surface area (Å²) in [7, 11) is 0. The van der Waals surface area contributed by atoms with E-state index in [0.29, 0.717) is 11.4 Å². The van der Waals surface area contributed by atoms with Gasteiger partial charge in [-0.2, -0.15) is 4.68 Å². The molecule has 0 saturated heterocycles. The van der Waals surface area contributed by atoms with Crippen LogP contribution in [0, 0.1) is 5.82 Å². The normalized spacial score (nSPS) is 10.3. The Morgan fingerprint density at radius 2 is 2.00 bits per heavy atom. The van der Waals surface area contributed by atoms with Crippen LogP contribution in [0.3, 0.4) is 0 Å². The van der Waals surface area contributed by atoms with Crippen molar-refractivity contribution in [3.05, 3.63) is 66.2 Å². The van der Waals surface area contributed by atoms with Crippen LogP contribution >= 0.6 is 0 Å². The van der Waals surface area contributed by atoms with Gasteiger partial charge in [0.2, 0.25) is 0 Å². The van der Waals surface area contributed by atoms with Crippen molar-refractivity contribution in [1.82, 2.24) is 20.2 Å². The minimum Gasteiger partial charge on any atom is -0.320 e. The van der Waals surface area contributed by atoms with E-state index in [1.807, 2.05) is 0 Å². The third-order valence-corrected chi connectivity index (χ3v) is 2.83. The molecule has 0 aliphatic heterocycles. The van der Waals surface area contributed by atoms with Crippen LogP contribution in [0.2, 0.25) is 0 Å². The van der Waals surface area contributed by atoms with Gasteiger partial charge in [-0.25, -0.2) is 4.39 Å². The Morgan fingerprint density at radius 3 is 2.76 bits per heavy atom. The van der Waals surface area contributed by atoms with Gasteiger partial charge >= 0.3 is 0 Å². The maximum Gasteiger partial charge on any atom is 0.255 e. The molecular weight excluding hydrogens is 273 g/mol. The van der Waals surface area contributed by atoms with Gasteiger partial charge in [0.05, 0.1) is 11.4 Å². The highest BCUT2D eigenvalue weighted by Gasteiger charge is 2.11. The maximum atomic E-state index is 13.2. The van der Waals surface area contributed by atoms with Crippen LogP contribution in [-0.2, 0) is 0 Å². The van der Waals surface area contributed by atoms with Gasteiger partial charge in [-0.3, -0.25) is 4.79 Å². The zero-order valence-corrected chi connectivity index (χ0v) is 10.8. The Balaban J connectivity index is 1.90. The van der Waals surface area contributed by atoms with Gasteiger partial charge in [-0.1, -0.05) is 18.2 Å². The lowest BCUT2D eigenvalue weighted by Crippen LogP contribution is -2.14. The summed E-state index contributed by atoms with van der Waals surface area (Å²) < 4.78 is 14.6. The van der Waals surface area contributed by atoms with Crippen molar-refractivity contribution in [2.24, 2.45) is 0 Å². The van der Waals surface area contributed by atoms with E-state index < -0.39 is 11.7 Å². The third kappa shape index (κ3) is 2.76. The highest BCUT2D eigenvalue weighted by atomic mass is 19.1. The highest BCUT2D eigenvalue weighted by Crippen LogP contribution is 2.19. The maximum absolute atomic E-state index is 13.2. The first-order valence-electron chi connectivity index (χ1n) is 6.13. The number of carbonyl (C=O) groups is 1. The molecule has 0 bridgehead atoms. The molecule has 0 radical (unpaired) electrons. The topological polar surface area (TPSA) is 72.7 Å². The monoisotopic (exact) mass is 283 g/mol. The summed E-state index contributed by atoms with van der Waals surface area (Å²) in [5, 5.41) is 13.6. The summed E-state index contributed by atoms with van der Waals surface area (Å²) in [5.41, 5.74) is 1.38. The second kappa shape index (κ2) is 5.49. The SMILES string of the molecule is O=C(Nc1ccccc1-n1cnnn1)c1cccc(F)c1. The van der Waals surface area contributed by atoms with Crippen LogP contribution in [0.4, 0.5) is 10.1 Å². The van der Waals surface area contributed by atoms with Crippen LogP contribution in [0.15, 0.2) is 54.9 Å². The largest absolute Gasteiger partial charge is 0.320 e. The van der Waals surface area contributed by atoms with Crippen molar-refractivity contribution in [2.45, 2.75) is 0 Å². The first-order chi connectivity index (χ1) is 10.2. The molecule has 0 saturated carbocycles. The molecule has 3 rings (SSSR count). The van der Waals surface area contributed by atoms with E-state index >= 15 is 0 Å². The Labute approximate surface area is 119 Å². The van der Waals surface area contributed by atoms with Crippen molar-refractivity contribution in [3.8, 4) is 5.69 Å². The van der Waals surface area contributed by atoms with Gasteiger partial charge in [0.15, 0.2) is 0 Å². The number of aromatic nitrogens is 4. The van der Waals surface area contributed by atoms with E-state index in [1.54, 1.807) is 24.3 Å². The molecule has 0 spiro atoms.